The Morgan fingerprint density at radius 3 is 2.77 bits per heavy atom. The number of nitrogens with one attached hydrogen (secondary N) is 2. The van der Waals surface area contributed by atoms with E-state index in [4.69, 9.17) is 10.00 Å². The van der Waals surface area contributed by atoms with E-state index in [9.17, 15) is 9.18 Å². The van der Waals surface area contributed by atoms with Crippen LogP contribution in [0.5, 0.6) is 0 Å². The summed E-state index contributed by atoms with van der Waals surface area (Å²) in [6.45, 7) is 8.41. The van der Waals surface area contributed by atoms with Crippen LogP contribution in [-0.4, -0.2) is 30.1 Å². The van der Waals surface area contributed by atoms with Crippen LogP contribution in [0.15, 0.2) is 23.2 Å². The van der Waals surface area contributed by atoms with Crippen molar-refractivity contribution in [3.05, 3.63) is 50.7 Å². The van der Waals surface area contributed by atoms with Crippen LogP contribution in [0.4, 0.5) is 4.39 Å². The van der Waals surface area contributed by atoms with Crippen LogP contribution >= 0.6 is 35.3 Å². The first-order chi connectivity index (χ1) is 13.9. The van der Waals surface area contributed by atoms with Gasteiger partial charge >= 0.3 is 5.97 Å². The van der Waals surface area contributed by atoms with E-state index < -0.39 is 5.82 Å². The Hall–Kier alpha value is -2.26. The molecule has 10 heteroatoms. The Labute approximate surface area is 196 Å². The number of thiazole rings is 1. The van der Waals surface area contributed by atoms with Gasteiger partial charge in [0.1, 0.15) is 15.7 Å². The standard InChI is InChI=1S/C20H24FN5O2S.HI/c1-5-23-20(24-11-15-8-7-14(10-22)9-16(15)21)26-13(4)18-25-12(3)17(29-18)19(27)28-6-2;/h7-9,13H,5-6,11H2,1-4H3,(H2,23,24,26);1H. The Morgan fingerprint density at radius 1 is 1.43 bits per heavy atom. The maximum absolute atomic E-state index is 14.1. The fraction of sp³-hybridized carbons (Fsp3) is 0.400. The highest BCUT2D eigenvalue weighted by Crippen LogP contribution is 2.24. The van der Waals surface area contributed by atoms with Crippen molar-refractivity contribution in [2.75, 3.05) is 13.2 Å². The molecule has 0 aliphatic rings. The number of aliphatic imine (C=N–C) groups is 1. The van der Waals surface area contributed by atoms with Crippen molar-refractivity contribution in [1.82, 2.24) is 15.6 Å². The van der Waals surface area contributed by atoms with Crippen LogP contribution in [0.1, 0.15) is 58.3 Å². The second kappa shape index (κ2) is 12.4. The molecule has 1 aromatic carbocycles. The number of aromatic nitrogens is 1. The van der Waals surface area contributed by atoms with E-state index >= 15 is 0 Å². The molecule has 0 spiro atoms. The Morgan fingerprint density at radius 2 is 2.17 bits per heavy atom. The molecule has 30 heavy (non-hydrogen) atoms. The van der Waals surface area contributed by atoms with Crippen LogP contribution in [0.3, 0.4) is 0 Å². The number of carbonyl (C=O) groups excluding carboxylic acids is 1. The van der Waals surface area contributed by atoms with E-state index in [1.165, 1.54) is 17.4 Å². The van der Waals surface area contributed by atoms with Gasteiger partial charge in [0.15, 0.2) is 5.96 Å². The first-order valence-corrected chi connectivity index (χ1v) is 10.1. The predicted octanol–water partition coefficient (Wildman–Crippen LogP) is 4.07. The van der Waals surface area contributed by atoms with Gasteiger partial charge in [-0.15, -0.1) is 35.3 Å². The third kappa shape index (κ3) is 6.91. The molecule has 1 atom stereocenters. The zero-order chi connectivity index (χ0) is 21.4. The molecular formula is C20H25FIN5O2S. The van der Waals surface area contributed by atoms with Crippen molar-refractivity contribution in [3.63, 3.8) is 0 Å². The predicted molar refractivity (Wildman–Crippen MR) is 126 cm³/mol. The molecule has 1 aromatic heterocycles. The fourth-order valence-corrected chi connectivity index (χ4v) is 3.45. The second-order valence-corrected chi connectivity index (χ2v) is 7.20. The molecular weight excluding hydrogens is 520 g/mol. The van der Waals surface area contributed by atoms with Crippen LogP contribution in [0.2, 0.25) is 0 Å². The largest absolute Gasteiger partial charge is 0.462 e. The lowest BCUT2D eigenvalue weighted by atomic mass is 10.1. The monoisotopic (exact) mass is 545 g/mol. The molecule has 2 N–H and O–H groups in total. The van der Waals surface area contributed by atoms with Gasteiger partial charge in [-0.1, -0.05) is 6.07 Å². The van der Waals surface area contributed by atoms with Gasteiger partial charge in [0, 0.05) is 12.1 Å². The summed E-state index contributed by atoms with van der Waals surface area (Å²) in [5.41, 5.74) is 1.28. The SMILES string of the molecule is CCNC(=NCc1ccc(C#N)cc1F)NC(C)c1nc(C)c(C(=O)OCC)s1.I. The van der Waals surface area contributed by atoms with E-state index in [2.05, 4.69) is 20.6 Å². The third-order valence-electron chi connectivity index (χ3n) is 3.93. The van der Waals surface area contributed by atoms with Gasteiger partial charge in [-0.2, -0.15) is 5.26 Å². The first kappa shape index (κ1) is 25.8. The highest BCUT2D eigenvalue weighted by Gasteiger charge is 2.20. The summed E-state index contributed by atoms with van der Waals surface area (Å²) in [6.07, 6.45) is 0. The number of halogens is 2. The van der Waals surface area contributed by atoms with Crippen molar-refractivity contribution in [3.8, 4) is 6.07 Å². The van der Waals surface area contributed by atoms with E-state index in [1.807, 2.05) is 19.9 Å². The number of hydrogen-bond donors (Lipinski definition) is 2. The summed E-state index contributed by atoms with van der Waals surface area (Å²) in [5.74, 6) is -0.349. The molecule has 2 aromatic rings. The maximum atomic E-state index is 14.1. The molecule has 1 unspecified atom stereocenters. The number of ether oxygens (including phenoxy) is 1. The number of rotatable bonds is 7. The zero-order valence-electron chi connectivity index (χ0n) is 17.3. The molecule has 162 valence electrons. The average Bonchev–Trinajstić information content (AvgIpc) is 3.09. The van der Waals surface area contributed by atoms with Crippen LogP contribution in [0.25, 0.3) is 0 Å². The van der Waals surface area contributed by atoms with Crippen molar-refractivity contribution >= 4 is 47.2 Å². The summed E-state index contributed by atoms with van der Waals surface area (Å²) >= 11 is 1.28. The van der Waals surface area contributed by atoms with E-state index in [-0.39, 0.29) is 48.1 Å². The molecule has 2 rings (SSSR count). The van der Waals surface area contributed by atoms with Gasteiger partial charge in [-0.3, -0.25) is 0 Å². The Kier molecular flexibility index (Phi) is 10.7. The number of aryl methyl sites for hydroxylation is 1. The van der Waals surface area contributed by atoms with Gasteiger partial charge < -0.3 is 15.4 Å². The highest BCUT2D eigenvalue weighted by molar-refractivity contribution is 14.0. The molecule has 0 aliphatic carbocycles. The number of nitrogens with zero attached hydrogens (tertiary/aromatic N) is 3. The van der Waals surface area contributed by atoms with Crippen molar-refractivity contribution < 1.29 is 13.9 Å². The topological polar surface area (TPSA) is 99.4 Å². The lowest BCUT2D eigenvalue weighted by Gasteiger charge is -2.16. The van der Waals surface area contributed by atoms with Gasteiger partial charge in [0.2, 0.25) is 0 Å². The lowest BCUT2D eigenvalue weighted by molar-refractivity contribution is 0.0531. The maximum Gasteiger partial charge on any atom is 0.350 e. The Bertz CT molecular complexity index is 942. The van der Waals surface area contributed by atoms with Crippen molar-refractivity contribution in [1.29, 1.82) is 5.26 Å². The molecule has 0 saturated heterocycles. The minimum absolute atomic E-state index is 0. The number of hydrogen-bond acceptors (Lipinski definition) is 6. The van der Waals surface area contributed by atoms with Crippen molar-refractivity contribution in [2.24, 2.45) is 4.99 Å². The van der Waals surface area contributed by atoms with Crippen LogP contribution in [0, 0.1) is 24.1 Å². The number of carbonyl (C=O) groups is 1. The molecule has 0 saturated carbocycles. The molecule has 0 radical (unpaired) electrons. The van der Waals surface area contributed by atoms with Gasteiger partial charge in [-0.05, 0) is 39.8 Å². The number of esters is 1. The summed E-state index contributed by atoms with van der Waals surface area (Å²) in [7, 11) is 0. The molecule has 0 fully saturated rings. The van der Waals surface area contributed by atoms with Crippen LogP contribution < -0.4 is 10.6 Å². The number of guanidine groups is 1. The van der Waals surface area contributed by atoms with E-state index in [1.54, 1.807) is 26.0 Å². The molecule has 1 heterocycles. The van der Waals surface area contributed by atoms with Gasteiger partial charge in [-0.25, -0.2) is 19.2 Å². The first-order valence-electron chi connectivity index (χ1n) is 9.27. The molecule has 7 nitrogen and oxygen atoms in total. The minimum Gasteiger partial charge on any atom is -0.462 e. The van der Waals surface area contributed by atoms with Gasteiger partial charge in [0.05, 0.1) is 36.5 Å². The fourth-order valence-electron chi connectivity index (χ4n) is 2.48. The third-order valence-corrected chi connectivity index (χ3v) is 5.25. The molecule has 0 bridgehead atoms. The number of benzene rings is 1. The van der Waals surface area contributed by atoms with E-state index in [0.717, 1.165) is 5.01 Å². The molecule has 0 amide bonds. The normalized spacial score (nSPS) is 11.8. The quantitative estimate of drug-likeness (QED) is 0.236. The smallest absolute Gasteiger partial charge is 0.350 e. The van der Waals surface area contributed by atoms with Crippen LogP contribution in [-0.2, 0) is 11.3 Å². The minimum atomic E-state index is -0.466. The van der Waals surface area contributed by atoms with Gasteiger partial charge in [0.25, 0.3) is 0 Å². The van der Waals surface area contributed by atoms with Crippen molar-refractivity contribution in [2.45, 2.75) is 40.3 Å². The van der Waals surface area contributed by atoms with E-state index in [0.29, 0.717) is 35.2 Å². The average molecular weight is 545 g/mol. The lowest BCUT2D eigenvalue weighted by Crippen LogP contribution is -2.38. The Balaban J connectivity index is 0.00000450. The zero-order valence-corrected chi connectivity index (χ0v) is 20.4. The summed E-state index contributed by atoms with van der Waals surface area (Å²) in [6, 6.07) is 6.01. The highest BCUT2D eigenvalue weighted by atomic mass is 127. The summed E-state index contributed by atoms with van der Waals surface area (Å²) in [4.78, 5) is 21.4. The summed E-state index contributed by atoms with van der Waals surface area (Å²) in [5, 5.41) is 15.9. The molecule has 0 aliphatic heterocycles. The summed E-state index contributed by atoms with van der Waals surface area (Å²) < 4.78 is 19.1. The number of nitriles is 1. The second-order valence-electron chi connectivity index (χ2n) is 6.17.